The Labute approximate surface area is 303 Å². The molecule has 0 saturated carbocycles. The van der Waals surface area contributed by atoms with E-state index in [1.165, 1.54) is 16.3 Å². The minimum absolute atomic E-state index is 0.0242. The molecule has 4 rings (SSSR count). The number of carbonyl (C=O) groups is 3. The number of esters is 2. The van der Waals surface area contributed by atoms with Gasteiger partial charge in [-0.1, -0.05) is 46.4 Å². The lowest BCUT2D eigenvalue weighted by molar-refractivity contribution is 0.0506. The van der Waals surface area contributed by atoms with E-state index in [-0.39, 0.29) is 65.4 Å². The molecule has 0 atom stereocenters. The molecule has 0 fully saturated rings. The van der Waals surface area contributed by atoms with Crippen molar-refractivity contribution in [2.45, 2.75) is 67.2 Å². The molecule has 0 unspecified atom stereocenters. The first-order valence-electron chi connectivity index (χ1n) is 15.1. The smallest absolute Gasteiger partial charge is 0.359 e. The number of nitrogens with zero attached hydrogens (tertiary/aromatic N) is 4. The number of aromatic nitrogens is 4. The molecular formula is C33H36Cl4N4O8. The Balaban J connectivity index is 0.000000266. The van der Waals surface area contributed by atoms with E-state index < -0.39 is 18.5 Å². The highest BCUT2D eigenvalue weighted by molar-refractivity contribution is 6.35. The number of ketones is 1. The van der Waals surface area contributed by atoms with Crippen LogP contribution in [0.15, 0.2) is 36.4 Å². The molecule has 0 aliphatic rings. The highest BCUT2D eigenvalue weighted by atomic mass is 35.5. The number of aliphatic hydroxyl groups is 1. The summed E-state index contributed by atoms with van der Waals surface area (Å²) in [6, 6.07) is 9.14. The molecule has 0 saturated heterocycles. The summed E-state index contributed by atoms with van der Waals surface area (Å²) in [5.41, 5.74) is 0.254. The van der Waals surface area contributed by atoms with Crippen molar-refractivity contribution in [1.82, 2.24) is 19.6 Å². The maximum absolute atomic E-state index is 12.2. The zero-order valence-corrected chi connectivity index (χ0v) is 30.9. The molecule has 0 aliphatic carbocycles. The predicted molar refractivity (Wildman–Crippen MR) is 186 cm³/mol. The van der Waals surface area contributed by atoms with Gasteiger partial charge in [-0.2, -0.15) is 10.2 Å². The number of hydrogen-bond donors (Lipinski definition) is 1. The van der Waals surface area contributed by atoms with Gasteiger partial charge in [0.15, 0.2) is 17.2 Å². The van der Waals surface area contributed by atoms with Crippen molar-refractivity contribution < 1.29 is 38.4 Å². The first-order valence-corrected chi connectivity index (χ1v) is 16.6. The monoisotopic (exact) mass is 756 g/mol. The molecule has 49 heavy (non-hydrogen) atoms. The van der Waals surface area contributed by atoms with Crippen LogP contribution < -0.4 is 9.47 Å². The van der Waals surface area contributed by atoms with Gasteiger partial charge in [0.2, 0.25) is 11.8 Å². The van der Waals surface area contributed by atoms with Gasteiger partial charge < -0.3 is 24.1 Å². The third-order valence-electron chi connectivity index (χ3n) is 6.35. The van der Waals surface area contributed by atoms with Crippen molar-refractivity contribution in [2.75, 3.05) is 13.2 Å². The van der Waals surface area contributed by atoms with E-state index in [2.05, 4.69) is 10.2 Å². The topological polar surface area (TPSA) is 144 Å². The second-order valence-corrected chi connectivity index (χ2v) is 12.6. The summed E-state index contributed by atoms with van der Waals surface area (Å²) < 4.78 is 24.6. The van der Waals surface area contributed by atoms with Crippen LogP contribution in [-0.2, 0) is 16.1 Å². The van der Waals surface area contributed by atoms with Gasteiger partial charge in [0, 0.05) is 20.1 Å². The van der Waals surface area contributed by atoms with E-state index in [1.807, 2.05) is 27.7 Å². The normalized spacial score (nSPS) is 10.9. The Kier molecular flexibility index (Phi) is 14.3. The van der Waals surface area contributed by atoms with Gasteiger partial charge in [0.05, 0.1) is 37.5 Å². The van der Waals surface area contributed by atoms with E-state index in [9.17, 15) is 19.5 Å². The van der Waals surface area contributed by atoms with Gasteiger partial charge in [0.1, 0.15) is 17.1 Å². The Morgan fingerprint density at radius 2 is 1.08 bits per heavy atom. The predicted octanol–water partition coefficient (Wildman–Crippen LogP) is 9.17. The van der Waals surface area contributed by atoms with Crippen molar-refractivity contribution in [3.63, 3.8) is 0 Å². The third kappa shape index (κ3) is 10.1. The fourth-order valence-corrected chi connectivity index (χ4v) is 5.35. The number of aliphatic hydroxyl groups excluding tert-OH is 1. The van der Waals surface area contributed by atoms with Crippen LogP contribution in [0.3, 0.4) is 0 Å². The van der Waals surface area contributed by atoms with Crippen molar-refractivity contribution in [3.05, 3.63) is 79.0 Å². The van der Waals surface area contributed by atoms with Crippen LogP contribution in [0.2, 0.25) is 20.1 Å². The zero-order valence-electron chi connectivity index (χ0n) is 27.8. The maximum atomic E-state index is 12.2. The molecule has 2 aromatic carbocycles. The summed E-state index contributed by atoms with van der Waals surface area (Å²) in [6.45, 7) is 12.1. The Morgan fingerprint density at radius 3 is 1.47 bits per heavy atom. The van der Waals surface area contributed by atoms with Gasteiger partial charge >= 0.3 is 11.9 Å². The van der Waals surface area contributed by atoms with E-state index in [4.69, 9.17) is 65.4 Å². The molecule has 0 spiro atoms. The first-order chi connectivity index (χ1) is 23.1. The molecule has 0 bridgehead atoms. The molecule has 0 aliphatic heterocycles. The SMILES string of the molecule is CCOC(=O)c1nn(C(C)C)c(Oc2cc(Cl)cc(Cl)c2)c1C(C)=O.CCOC(=O)c1nn(C(C)C)c(Oc2cc(Cl)cc(Cl)c2)c1CO. The summed E-state index contributed by atoms with van der Waals surface area (Å²) >= 11 is 23.9. The van der Waals surface area contributed by atoms with Gasteiger partial charge in [0.25, 0.3) is 0 Å². The number of rotatable bonds is 12. The van der Waals surface area contributed by atoms with Crippen LogP contribution in [0.25, 0.3) is 0 Å². The van der Waals surface area contributed by atoms with E-state index in [0.29, 0.717) is 31.6 Å². The van der Waals surface area contributed by atoms with Crippen LogP contribution in [0.4, 0.5) is 0 Å². The number of carbonyl (C=O) groups excluding carboxylic acids is 3. The number of ether oxygens (including phenoxy) is 4. The molecular weight excluding hydrogens is 722 g/mol. The lowest BCUT2D eigenvalue weighted by atomic mass is 10.1. The second kappa shape index (κ2) is 17.7. The molecule has 16 heteroatoms. The summed E-state index contributed by atoms with van der Waals surface area (Å²) in [5.74, 6) is -0.566. The molecule has 4 aromatic rings. The van der Waals surface area contributed by atoms with Crippen LogP contribution in [0.5, 0.6) is 23.3 Å². The summed E-state index contributed by atoms with van der Waals surface area (Å²) in [4.78, 5) is 36.4. The van der Waals surface area contributed by atoms with Crippen LogP contribution >= 0.6 is 46.4 Å². The first kappa shape index (κ1) is 39.6. The molecule has 0 amide bonds. The molecule has 1 N–H and O–H groups in total. The number of hydrogen-bond acceptors (Lipinski definition) is 10. The van der Waals surface area contributed by atoms with Gasteiger partial charge in [-0.25, -0.2) is 19.0 Å². The van der Waals surface area contributed by atoms with Crippen molar-refractivity contribution in [3.8, 4) is 23.3 Å². The average Bonchev–Trinajstić information content (AvgIpc) is 3.56. The van der Waals surface area contributed by atoms with E-state index in [1.54, 1.807) is 50.2 Å². The maximum Gasteiger partial charge on any atom is 0.359 e. The Morgan fingerprint density at radius 1 is 0.694 bits per heavy atom. The van der Waals surface area contributed by atoms with Crippen LogP contribution in [0, 0.1) is 0 Å². The molecule has 2 heterocycles. The van der Waals surface area contributed by atoms with Crippen LogP contribution in [-0.4, -0.2) is 55.6 Å². The van der Waals surface area contributed by atoms with Crippen molar-refractivity contribution >= 4 is 64.1 Å². The van der Waals surface area contributed by atoms with Crippen molar-refractivity contribution in [2.24, 2.45) is 0 Å². The molecule has 12 nitrogen and oxygen atoms in total. The number of benzene rings is 2. The van der Waals surface area contributed by atoms with Gasteiger partial charge in [-0.3, -0.25) is 4.79 Å². The van der Waals surface area contributed by atoms with Gasteiger partial charge in [-0.05, 0) is 84.9 Å². The lowest BCUT2D eigenvalue weighted by Crippen LogP contribution is -2.10. The lowest BCUT2D eigenvalue weighted by Gasteiger charge is -2.13. The molecule has 0 radical (unpaired) electrons. The van der Waals surface area contributed by atoms with E-state index in [0.717, 1.165) is 0 Å². The fraction of sp³-hybridized carbons (Fsp3) is 0.364. The average molecular weight is 758 g/mol. The molecule has 2 aromatic heterocycles. The zero-order chi connectivity index (χ0) is 36.6. The highest BCUT2D eigenvalue weighted by Crippen LogP contribution is 2.35. The van der Waals surface area contributed by atoms with Crippen molar-refractivity contribution in [1.29, 1.82) is 0 Å². The summed E-state index contributed by atoms with van der Waals surface area (Å²) in [6.07, 6.45) is 0. The largest absolute Gasteiger partial charge is 0.461 e. The molecule has 264 valence electrons. The summed E-state index contributed by atoms with van der Waals surface area (Å²) in [5, 5.41) is 19.7. The van der Waals surface area contributed by atoms with Gasteiger partial charge in [-0.15, -0.1) is 0 Å². The Bertz CT molecular complexity index is 1780. The highest BCUT2D eigenvalue weighted by Gasteiger charge is 2.30. The van der Waals surface area contributed by atoms with Crippen LogP contribution in [0.1, 0.15) is 97.4 Å². The number of Topliss-reactive ketones (excluding diaryl/α,β-unsaturated/α-hetero) is 1. The quantitative estimate of drug-likeness (QED) is 0.110. The fourth-order valence-electron chi connectivity index (χ4n) is 4.34. The third-order valence-corrected chi connectivity index (χ3v) is 7.23. The Hall–Kier alpha value is -3.81. The number of halogens is 4. The standard InChI is InChI=1S/C17H18Cl2N2O4.C16H18Cl2N2O4/c1-5-24-17(23)15-14(10(4)22)16(21(20-15)9(2)3)25-13-7-11(18)6-12(19)8-13;1-4-23-16(22)14-13(8-21)15(20(19-14)9(2)3)24-12-6-10(17)5-11(18)7-12/h6-9H,5H2,1-4H3;5-7,9,21H,4,8H2,1-3H3. The minimum Gasteiger partial charge on any atom is -0.461 e. The second-order valence-electron chi connectivity index (χ2n) is 10.8. The van der Waals surface area contributed by atoms with E-state index >= 15 is 0 Å². The summed E-state index contributed by atoms with van der Waals surface area (Å²) in [7, 11) is 0. The minimum atomic E-state index is -0.680.